The molecule has 0 bridgehead atoms. The molecule has 7 heteroatoms. The number of rotatable bonds is 3. The van der Waals surface area contributed by atoms with Crippen LogP contribution in [0.15, 0.2) is 48.0 Å². The number of nitrogens with one attached hydrogen (secondary N) is 1. The van der Waals surface area contributed by atoms with Crippen molar-refractivity contribution >= 4 is 35.3 Å². The number of carbonyl (C=O) groups is 3. The number of amides is 4. The summed E-state index contributed by atoms with van der Waals surface area (Å²) in [7, 11) is 0. The first-order valence-corrected chi connectivity index (χ1v) is 10.7. The largest absolute Gasteiger partial charge is 0.366 e. The number of fused-ring (bicyclic) bond motifs is 1. The lowest BCUT2D eigenvalue weighted by Crippen LogP contribution is -2.54. The fourth-order valence-electron chi connectivity index (χ4n) is 4.85. The zero-order chi connectivity index (χ0) is 23.2. The Morgan fingerprint density at radius 2 is 1.84 bits per heavy atom. The molecule has 0 spiro atoms. The molecule has 6 nitrogen and oxygen atoms in total. The standard InChI is InChI=1S/C25H26FN3O3/c1-5-28-21-13-20(26)16(11-18(21)15(2)14-25(28,3)4)12-19-22(30)27-24(32)29(23(19)31)17-9-7-6-8-10-17/h6-13,15H,5,14H2,1-4H3,(H,27,30,32)/b19-12-. The van der Waals surface area contributed by atoms with Crippen LogP contribution < -0.4 is 15.1 Å². The van der Waals surface area contributed by atoms with Crippen LogP contribution in [0, 0.1) is 5.82 Å². The lowest BCUT2D eigenvalue weighted by atomic mass is 9.79. The highest BCUT2D eigenvalue weighted by atomic mass is 19.1. The van der Waals surface area contributed by atoms with Gasteiger partial charge in [-0.1, -0.05) is 25.1 Å². The van der Waals surface area contributed by atoms with Crippen molar-refractivity contribution in [2.24, 2.45) is 0 Å². The van der Waals surface area contributed by atoms with Gasteiger partial charge in [-0.3, -0.25) is 14.9 Å². The predicted octanol–water partition coefficient (Wildman–Crippen LogP) is 4.60. The summed E-state index contributed by atoms with van der Waals surface area (Å²) in [6.45, 7) is 9.15. The zero-order valence-electron chi connectivity index (χ0n) is 18.6. The van der Waals surface area contributed by atoms with Gasteiger partial charge in [-0.2, -0.15) is 0 Å². The van der Waals surface area contributed by atoms with E-state index in [0.29, 0.717) is 5.69 Å². The van der Waals surface area contributed by atoms with Gasteiger partial charge in [-0.15, -0.1) is 0 Å². The van der Waals surface area contributed by atoms with Gasteiger partial charge < -0.3 is 4.90 Å². The second-order valence-corrected chi connectivity index (χ2v) is 8.89. The van der Waals surface area contributed by atoms with E-state index < -0.39 is 23.7 Å². The van der Waals surface area contributed by atoms with E-state index in [9.17, 15) is 14.4 Å². The maximum atomic E-state index is 15.2. The van der Waals surface area contributed by atoms with E-state index >= 15 is 4.39 Å². The summed E-state index contributed by atoms with van der Waals surface area (Å²) < 4.78 is 15.2. The molecule has 32 heavy (non-hydrogen) atoms. The number of hydrogen-bond acceptors (Lipinski definition) is 4. The molecule has 2 aliphatic rings. The van der Waals surface area contributed by atoms with Gasteiger partial charge in [0.2, 0.25) is 0 Å². The predicted molar refractivity (Wildman–Crippen MR) is 122 cm³/mol. The second-order valence-electron chi connectivity index (χ2n) is 8.89. The minimum Gasteiger partial charge on any atom is -0.366 e. The van der Waals surface area contributed by atoms with Gasteiger partial charge in [0.1, 0.15) is 11.4 Å². The highest BCUT2D eigenvalue weighted by Gasteiger charge is 2.38. The maximum Gasteiger partial charge on any atom is 0.335 e. The summed E-state index contributed by atoms with van der Waals surface area (Å²) in [6.07, 6.45) is 2.13. The zero-order valence-corrected chi connectivity index (χ0v) is 18.6. The Bertz CT molecular complexity index is 1140. The van der Waals surface area contributed by atoms with Crippen molar-refractivity contribution in [1.29, 1.82) is 0 Å². The number of urea groups is 1. The van der Waals surface area contributed by atoms with E-state index in [-0.39, 0.29) is 22.6 Å². The molecule has 4 amide bonds. The number of carbonyl (C=O) groups excluding carboxylic acids is 3. The molecule has 2 aromatic carbocycles. The molecule has 1 saturated heterocycles. The normalized spacial score (nSPS) is 21.6. The Morgan fingerprint density at radius 1 is 1.16 bits per heavy atom. The van der Waals surface area contributed by atoms with Gasteiger partial charge in [0, 0.05) is 23.3 Å². The molecule has 1 unspecified atom stereocenters. The Morgan fingerprint density at radius 3 is 2.50 bits per heavy atom. The van der Waals surface area contributed by atoms with Crippen LogP contribution in [0.4, 0.5) is 20.6 Å². The lowest BCUT2D eigenvalue weighted by molar-refractivity contribution is -0.122. The Hall–Kier alpha value is -3.48. The van der Waals surface area contributed by atoms with Crippen LogP contribution in [0.3, 0.4) is 0 Å². The molecule has 1 atom stereocenters. The second kappa shape index (κ2) is 7.89. The minimum atomic E-state index is -0.839. The molecular weight excluding hydrogens is 409 g/mol. The highest BCUT2D eigenvalue weighted by molar-refractivity contribution is 6.39. The third-order valence-corrected chi connectivity index (χ3v) is 6.24. The van der Waals surface area contributed by atoms with Crippen LogP contribution in [0.25, 0.3) is 6.08 Å². The van der Waals surface area contributed by atoms with E-state index in [2.05, 4.69) is 31.0 Å². The van der Waals surface area contributed by atoms with E-state index in [1.165, 1.54) is 12.1 Å². The van der Waals surface area contributed by atoms with Crippen molar-refractivity contribution in [3.8, 4) is 0 Å². The lowest BCUT2D eigenvalue weighted by Gasteiger charge is -2.47. The number of para-hydroxylation sites is 1. The molecule has 0 saturated carbocycles. The van der Waals surface area contributed by atoms with Gasteiger partial charge >= 0.3 is 6.03 Å². The third-order valence-electron chi connectivity index (χ3n) is 6.24. The van der Waals surface area contributed by atoms with Crippen molar-refractivity contribution in [1.82, 2.24) is 5.32 Å². The van der Waals surface area contributed by atoms with Crippen molar-refractivity contribution in [3.63, 3.8) is 0 Å². The molecule has 2 heterocycles. The molecule has 2 aromatic rings. The monoisotopic (exact) mass is 435 g/mol. The van der Waals surface area contributed by atoms with E-state index in [1.807, 2.05) is 6.92 Å². The summed E-state index contributed by atoms with van der Waals surface area (Å²) in [6, 6.07) is 10.7. The topological polar surface area (TPSA) is 69.7 Å². The minimum absolute atomic E-state index is 0.108. The summed E-state index contributed by atoms with van der Waals surface area (Å²) in [4.78, 5) is 40.9. The number of anilines is 2. The van der Waals surface area contributed by atoms with Crippen molar-refractivity contribution in [2.75, 3.05) is 16.3 Å². The molecule has 0 radical (unpaired) electrons. The van der Waals surface area contributed by atoms with Crippen molar-refractivity contribution in [2.45, 2.75) is 45.6 Å². The first-order chi connectivity index (χ1) is 15.1. The van der Waals surface area contributed by atoms with Crippen LogP contribution in [0.5, 0.6) is 0 Å². The molecule has 0 aliphatic carbocycles. The van der Waals surface area contributed by atoms with Crippen LogP contribution in [0.2, 0.25) is 0 Å². The molecule has 2 aliphatic heterocycles. The fourth-order valence-corrected chi connectivity index (χ4v) is 4.85. The summed E-state index contributed by atoms with van der Waals surface area (Å²) in [5.41, 5.74) is 1.88. The maximum absolute atomic E-state index is 15.2. The van der Waals surface area contributed by atoms with Crippen LogP contribution in [0.1, 0.15) is 51.2 Å². The number of hydrogen-bond donors (Lipinski definition) is 1. The van der Waals surface area contributed by atoms with Crippen molar-refractivity contribution < 1.29 is 18.8 Å². The van der Waals surface area contributed by atoms with Gasteiger partial charge in [-0.25, -0.2) is 14.1 Å². The van der Waals surface area contributed by atoms with Gasteiger partial charge in [0.25, 0.3) is 11.8 Å². The average Bonchev–Trinajstić information content (AvgIpc) is 2.72. The number of halogens is 1. The number of barbiturate groups is 1. The average molecular weight is 435 g/mol. The van der Waals surface area contributed by atoms with Gasteiger partial charge in [0.05, 0.1) is 5.69 Å². The van der Waals surface area contributed by atoms with Crippen LogP contribution in [-0.2, 0) is 9.59 Å². The Labute approximate surface area is 186 Å². The summed E-state index contributed by atoms with van der Waals surface area (Å²) in [5, 5.41) is 2.17. The number of nitrogens with zero attached hydrogens (tertiary/aromatic N) is 2. The first-order valence-electron chi connectivity index (χ1n) is 10.7. The SMILES string of the molecule is CCN1c2cc(F)c(/C=C3/C(=O)NC(=O)N(c4ccccc4)C3=O)cc2C(C)CC1(C)C. The third kappa shape index (κ3) is 3.57. The van der Waals surface area contributed by atoms with E-state index in [4.69, 9.17) is 0 Å². The number of benzene rings is 2. The summed E-state index contributed by atoms with van der Waals surface area (Å²) >= 11 is 0. The van der Waals surface area contributed by atoms with Gasteiger partial charge in [-0.05, 0) is 69.0 Å². The molecule has 1 N–H and O–H groups in total. The molecule has 1 fully saturated rings. The number of imide groups is 2. The summed E-state index contributed by atoms with van der Waals surface area (Å²) in [5.74, 6) is -1.97. The Kier molecular flexibility index (Phi) is 5.36. The fraction of sp³-hybridized carbons (Fsp3) is 0.320. The Balaban J connectivity index is 1.78. The van der Waals surface area contributed by atoms with E-state index in [1.54, 1.807) is 36.4 Å². The van der Waals surface area contributed by atoms with Gasteiger partial charge in [0.15, 0.2) is 0 Å². The van der Waals surface area contributed by atoms with Crippen LogP contribution >= 0.6 is 0 Å². The van der Waals surface area contributed by atoms with Crippen LogP contribution in [-0.4, -0.2) is 29.9 Å². The van der Waals surface area contributed by atoms with Crippen molar-refractivity contribution in [3.05, 3.63) is 65.0 Å². The molecular formula is C25H26FN3O3. The first kappa shape index (κ1) is 21.7. The quantitative estimate of drug-likeness (QED) is 0.565. The highest BCUT2D eigenvalue weighted by Crippen LogP contribution is 2.44. The molecule has 166 valence electrons. The molecule has 4 rings (SSSR count). The molecule has 0 aromatic heterocycles. The van der Waals surface area contributed by atoms with E-state index in [0.717, 1.165) is 29.1 Å². The smallest absolute Gasteiger partial charge is 0.335 e.